The predicted molar refractivity (Wildman–Crippen MR) is 99.2 cm³/mol. The van der Waals surface area contributed by atoms with Crippen LogP contribution >= 0.6 is 0 Å². The van der Waals surface area contributed by atoms with E-state index in [0.717, 1.165) is 25.8 Å². The highest BCUT2D eigenvalue weighted by Gasteiger charge is 2.24. The Morgan fingerprint density at radius 3 is 2.84 bits per heavy atom. The first-order chi connectivity index (χ1) is 12.4. The Labute approximate surface area is 148 Å². The predicted octanol–water partition coefficient (Wildman–Crippen LogP) is 4.22. The molecule has 0 spiro atoms. The Kier molecular flexibility index (Phi) is 3.60. The van der Waals surface area contributed by atoms with Gasteiger partial charge >= 0.3 is 0 Å². The third kappa shape index (κ3) is 2.56. The second kappa shape index (κ2) is 6.08. The van der Waals surface area contributed by atoms with Crippen LogP contribution in [0.4, 0.5) is 0 Å². The van der Waals surface area contributed by atoms with Crippen molar-refractivity contribution in [2.24, 2.45) is 0 Å². The average molecular weight is 327 g/mol. The summed E-state index contributed by atoms with van der Waals surface area (Å²) in [6, 6.07) is 15.5. The molecule has 0 saturated heterocycles. The van der Waals surface area contributed by atoms with Crippen molar-refractivity contribution in [1.82, 2.24) is 15.3 Å². The molecule has 0 aliphatic heterocycles. The second-order valence-electron chi connectivity index (χ2n) is 6.99. The first-order valence-corrected chi connectivity index (χ1v) is 9.12. The number of benzene rings is 1. The molecule has 3 heteroatoms. The normalized spacial score (nSPS) is 17.7. The number of nitrogens with zero attached hydrogens (tertiary/aromatic N) is 2. The number of aryl methyl sites for hydroxylation is 1. The van der Waals surface area contributed by atoms with E-state index in [9.17, 15) is 0 Å². The van der Waals surface area contributed by atoms with Gasteiger partial charge in [0.1, 0.15) is 0 Å². The molecule has 2 aliphatic carbocycles. The summed E-state index contributed by atoms with van der Waals surface area (Å²) >= 11 is 0. The average Bonchev–Trinajstić information content (AvgIpc) is 3.06. The van der Waals surface area contributed by atoms with Crippen molar-refractivity contribution in [3.63, 3.8) is 0 Å². The molecule has 2 aliphatic rings. The van der Waals surface area contributed by atoms with Gasteiger partial charge in [-0.15, -0.1) is 0 Å². The number of nitrogens with one attached hydrogen (secondary N) is 1. The highest BCUT2D eigenvalue weighted by atomic mass is 15.0. The zero-order chi connectivity index (χ0) is 16.6. The van der Waals surface area contributed by atoms with Crippen LogP contribution in [0.2, 0.25) is 0 Å². The quantitative estimate of drug-likeness (QED) is 0.612. The number of hydrogen-bond acceptors (Lipinski definition) is 3. The third-order valence-electron chi connectivity index (χ3n) is 5.53. The van der Waals surface area contributed by atoms with Gasteiger partial charge in [0.25, 0.3) is 0 Å². The standard InChI is InChI=1S/C22H21N3/c1-2-8-17-16(5-1)13-19-18(17)10-12-23-21(19)14-25-20-9-3-6-15-7-4-11-24-22(15)20/h1-2,4-5,7-8,10-12,20,25H,3,6,9,13-14H2/t20-/m0/s1. The molecule has 0 bridgehead atoms. The Hall–Kier alpha value is -2.52. The molecule has 1 N–H and O–H groups in total. The van der Waals surface area contributed by atoms with Gasteiger partial charge in [-0.1, -0.05) is 30.3 Å². The summed E-state index contributed by atoms with van der Waals surface area (Å²) in [6.07, 6.45) is 8.38. The minimum Gasteiger partial charge on any atom is -0.303 e. The van der Waals surface area contributed by atoms with E-state index in [0.29, 0.717) is 6.04 Å². The van der Waals surface area contributed by atoms with Crippen molar-refractivity contribution in [2.45, 2.75) is 38.3 Å². The van der Waals surface area contributed by atoms with Crippen LogP contribution in [-0.2, 0) is 19.4 Å². The van der Waals surface area contributed by atoms with Crippen molar-refractivity contribution >= 4 is 0 Å². The monoisotopic (exact) mass is 327 g/mol. The van der Waals surface area contributed by atoms with Crippen LogP contribution in [0.25, 0.3) is 11.1 Å². The van der Waals surface area contributed by atoms with Crippen LogP contribution < -0.4 is 5.32 Å². The lowest BCUT2D eigenvalue weighted by Crippen LogP contribution is -2.26. The molecule has 124 valence electrons. The Morgan fingerprint density at radius 2 is 1.84 bits per heavy atom. The van der Waals surface area contributed by atoms with E-state index in [1.807, 2.05) is 18.5 Å². The minimum atomic E-state index is 0.339. The van der Waals surface area contributed by atoms with E-state index in [1.165, 1.54) is 45.6 Å². The number of hydrogen-bond donors (Lipinski definition) is 1. The van der Waals surface area contributed by atoms with Crippen molar-refractivity contribution < 1.29 is 0 Å². The zero-order valence-corrected chi connectivity index (χ0v) is 14.2. The van der Waals surface area contributed by atoms with Gasteiger partial charge in [-0.25, -0.2) is 0 Å². The van der Waals surface area contributed by atoms with E-state index in [4.69, 9.17) is 4.98 Å². The van der Waals surface area contributed by atoms with E-state index in [2.05, 4.69) is 46.7 Å². The first-order valence-electron chi connectivity index (χ1n) is 9.12. The lowest BCUT2D eigenvalue weighted by Gasteiger charge is -2.25. The maximum Gasteiger partial charge on any atom is 0.0605 e. The molecular formula is C22H21N3. The summed E-state index contributed by atoms with van der Waals surface area (Å²) in [4.78, 5) is 9.33. The van der Waals surface area contributed by atoms with Crippen LogP contribution in [0.3, 0.4) is 0 Å². The lowest BCUT2D eigenvalue weighted by molar-refractivity contribution is 0.444. The SMILES string of the molecule is c1ccc2c(c1)Cc1c-2ccnc1CN[C@H]1CCCc2cccnc21. The first kappa shape index (κ1) is 14.8. The van der Waals surface area contributed by atoms with Gasteiger partial charge in [0, 0.05) is 25.4 Å². The fraction of sp³-hybridized carbons (Fsp3) is 0.273. The molecule has 3 nitrogen and oxygen atoms in total. The van der Waals surface area contributed by atoms with E-state index in [-0.39, 0.29) is 0 Å². The molecular weight excluding hydrogens is 306 g/mol. The lowest BCUT2D eigenvalue weighted by atomic mass is 9.92. The highest BCUT2D eigenvalue weighted by Crippen LogP contribution is 2.37. The zero-order valence-electron chi connectivity index (χ0n) is 14.2. The van der Waals surface area contributed by atoms with Gasteiger partial charge in [-0.05, 0) is 59.2 Å². The molecule has 0 saturated carbocycles. The number of pyridine rings is 2. The van der Waals surface area contributed by atoms with Crippen LogP contribution in [0.15, 0.2) is 54.9 Å². The summed E-state index contributed by atoms with van der Waals surface area (Å²) in [5.41, 5.74) is 9.31. The molecule has 1 atom stereocenters. The Bertz CT molecular complexity index is 932. The Morgan fingerprint density at radius 1 is 0.920 bits per heavy atom. The maximum atomic E-state index is 4.69. The van der Waals surface area contributed by atoms with Crippen molar-refractivity contribution in [2.75, 3.05) is 0 Å². The number of aromatic nitrogens is 2. The molecule has 0 unspecified atom stereocenters. The molecule has 0 amide bonds. The van der Waals surface area contributed by atoms with Crippen molar-refractivity contribution in [3.8, 4) is 11.1 Å². The summed E-state index contributed by atoms with van der Waals surface area (Å²) in [7, 11) is 0. The summed E-state index contributed by atoms with van der Waals surface area (Å²) in [6.45, 7) is 0.803. The molecule has 2 aromatic heterocycles. The summed E-state index contributed by atoms with van der Waals surface area (Å²) in [5.74, 6) is 0. The summed E-state index contributed by atoms with van der Waals surface area (Å²) < 4.78 is 0. The topological polar surface area (TPSA) is 37.8 Å². The Balaban J connectivity index is 1.41. The summed E-state index contributed by atoms with van der Waals surface area (Å²) in [5, 5.41) is 3.73. The molecule has 1 aromatic carbocycles. The second-order valence-corrected chi connectivity index (χ2v) is 6.99. The van der Waals surface area contributed by atoms with Crippen LogP contribution in [0, 0.1) is 0 Å². The number of fused-ring (bicyclic) bond motifs is 4. The van der Waals surface area contributed by atoms with E-state index < -0.39 is 0 Å². The van der Waals surface area contributed by atoms with Crippen molar-refractivity contribution in [3.05, 3.63) is 82.9 Å². The van der Waals surface area contributed by atoms with Gasteiger partial charge in [0.2, 0.25) is 0 Å². The van der Waals surface area contributed by atoms with Gasteiger partial charge in [-0.3, -0.25) is 9.97 Å². The molecule has 0 radical (unpaired) electrons. The molecule has 2 heterocycles. The van der Waals surface area contributed by atoms with E-state index in [1.54, 1.807) is 0 Å². The fourth-order valence-electron chi connectivity index (χ4n) is 4.29. The minimum absolute atomic E-state index is 0.339. The highest BCUT2D eigenvalue weighted by molar-refractivity contribution is 5.77. The van der Waals surface area contributed by atoms with E-state index >= 15 is 0 Å². The smallest absolute Gasteiger partial charge is 0.0605 e. The van der Waals surface area contributed by atoms with Gasteiger partial charge in [0.05, 0.1) is 17.4 Å². The van der Waals surface area contributed by atoms with Gasteiger partial charge in [-0.2, -0.15) is 0 Å². The fourth-order valence-corrected chi connectivity index (χ4v) is 4.29. The number of rotatable bonds is 3. The third-order valence-corrected chi connectivity index (χ3v) is 5.53. The van der Waals surface area contributed by atoms with Crippen molar-refractivity contribution in [1.29, 1.82) is 0 Å². The molecule has 5 rings (SSSR count). The largest absolute Gasteiger partial charge is 0.303 e. The van der Waals surface area contributed by atoms with Gasteiger partial charge < -0.3 is 5.32 Å². The van der Waals surface area contributed by atoms with Crippen LogP contribution in [-0.4, -0.2) is 9.97 Å². The van der Waals surface area contributed by atoms with Crippen LogP contribution in [0.5, 0.6) is 0 Å². The maximum absolute atomic E-state index is 4.69. The molecule has 3 aromatic rings. The molecule has 0 fully saturated rings. The van der Waals surface area contributed by atoms with Crippen LogP contribution in [0.1, 0.15) is 47.0 Å². The van der Waals surface area contributed by atoms with Gasteiger partial charge in [0.15, 0.2) is 0 Å². The molecule has 25 heavy (non-hydrogen) atoms.